The highest BCUT2D eigenvalue weighted by atomic mass is 16.3. The molecule has 15 heavy (non-hydrogen) atoms. The second-order valence-corrected chi connectivity index (χ2v) is 3.43. The molecule has 3 heteroatoms. The van der Waals surface area contributed by atoms with Crippen LogP contribution in [0, 0.1) is 0 Å². The molecule has 3 nitrogen and oxygen atoms in total. The van der Waals surface area contributed by atoms with Gasteiger partial charge in [0.2, 0.25) is 0 Å². The van der Waals surface area contributed by atoms with Gasteiger partial charge in [0.1, 0.15) is 0 Å². The van der Waals surface area contributed by atoms with E-state index in [0.29, 0.717) is 0 Å². The zero-order valence-corrected chi connectivity index (χ0v) is 8.72. The van der Waals surface area contributed by atoms with Crippen molar-refractivity contribution in [3.63, 3.8) is 0 Å². The van der Waals surface area contributed by atoms with Gasteiger partial charge >= 0.3 is 0 Å². The Morgan fingerprint density at radius 1 is 1.27 bits per heavy atom. The normalized spacial score (nSPS) is 10.5. The molecule has 0 amide bonds. The number of imidazole rings is 1. The van der Waals surface area contributed by atoms with Crippen LogP contribution in [0.2, 0.25) is 0 Å². The van der Waals surface area contributed by atoms with Crippen molar-refractivity contribution in [2.45, 2.75) is 20.0 Å². The van der Waals surface area contributed by atoms with Gasteiger partial charge in [-0.1, -0.05) is 19.1 Å². The first kappa shape index (κ1) is 9.93. The van der Waals surface area contributed by atoms with Crippen molar-refractivity contribution in [1.82, 2.24) is 9.55 Å². The van der Waals surface area contributed by atoms with Crippen molar-refractivity contribution < 1.29 is 5.11 Å². The fourth-order valence-corrected chi connectivity index (χ4v) is 1.56. The molecule has 78 valence electrons. The molecule has 0 aliphatic carbocycles. The van der Waals surface area contributed by atoms with Crippen LogP contribution in [-0.2, 0) is 13.0 Å². The lowest BCUT2D eigenvalue weighted by Gasteiger charge is -2.06. The molecule has 0 unspecified atom stereocenters. The Kier molecular flexibility index (Phi) is 2.83. The quantitative estimate of drug-likeness (QED) is 0.825. The van der Waals surface area contributed by atoms with E-state index in [1.54, 1.807) is 12.5 Å². The number of rotatable bonds is 3. The molecule has 2 rings (SSSR count). The molecule has 0 saturated heterocycles. The van der Waals surface area contributed by atoms with E-state index in [9.17, 15) is 0 Å². The van der Waals surface area contributed by atoms with Crippen LogP contribution >= 0.6 is 0 Å². The Morgan fingerprint density at radius 2 is 2.00 bits per heavy atom. The van der Waals surface area contributed by atoms with Gasteiger partial charge < -0.3 is 9.67 Å². The van der Waals surface area contributed by atoms with E-state index in [-0.39, 0.29) is 6.61 Å². The molecule has 1 N–H and O–H groups in total. The average Bonchev–Trinajstić information content (AvgIpc) is 2.77. The smallest absolute Gasteiger partial charge is 0.0995 e. The topological polar surface area (TPSA) is 38.0 Å². The summed E-state index contributed by atoms with van der Waals surface area (Å²) in [4.78, 5) is 4.01. The third-order valence-corrected chi connectivity index (χ3v) is 2.50. The predicted octanol–water partition coefficient (Wildman–Crippen LogP) is 1.93. The van der Waals surface area contributed by atoms with Crippen LogP contribution in [0.3, 0.4) is 0 Å². The highest BCUT2D eigenvalue weighted by Crippen LogP contribution is 2.12. The molecule has 1 aromatic heterocycles. The molecule has 0 atom stereocenters. The molecule has 1 heterocycles. The van der Waals surface area contributed by atoms with Crippen LogP contribution in [0.25, 0.3) is 5.69 Å². The predicted molar refractivity (Wildman–Crippen MR) is 58.9 cm³/mol. The maximum absolute atomic E-state index is 9.11. The summed E-state index contributed by atoms with van der Waals surface area (Å²) in [7, 11) is 0. The van der Waals surface area contributed by atoms with Gasteiger partial charge in [-0.3, -0.25) is 0 Å². The van der Waals surface area contributed by atoms with Crippen molar-refractivity contribution >= 4 is 0 Å². The van der Waals surface area contributed by atoms with Gasteiger partial charge in [-0.25, -0.2) is 4.98 Å². The Hall–Kier alpha value is -1.61. The van der Waals surface area contributed by atoms with Crippen LogP contribution in [-0.4, -0.2) is 14.7 Å². The minimum atomic E-state index is 0.00945. The summed E-state index contributed by atoms with van der Waals surface area (Å²) in [5, 5.41) is 9.11. The number of hydrogen-bond donors (Lipinski definition) is 1. The standard InChI is InChI=1S/C12H14N2O/c1-2-10-3-5-11(6-4-10)14-9-13-7-12(14)8-15/h3-7,9,15H,2,8H2,1H3. The first-order chi connectivity index (χ1) is 7.35. The molecule has 0 spiro atoms. The monoisotopic (exact) mass is 202 g/mol. The van der Waals surface area contributed by atoms with Gasteiger partial charge in [0.05, 0.1) is 24.8 Å². The minimum Gasteiger partial charge on any atom is -0.390 e. The maximum atomic E-state index is 9.11. The number of nitrogens with zero attached hydrogens (tertiary/aromatic N) is 2. The molecule has 0 fully saturated rings. The molecule has 2 aromatic rings. The fourth-order valence-electron chi connectivity index (χ4n) is 1.56. The van der Waals surface area contributed by atoms with Gasteiger partial charge in [-0.05, 0) is 24.1 Å². The van der Waals surface area contributed by atoms with Crippen LogP contribution in [0.4, 0.5) is 0 Å². The third kappa shape index (κ3) is 1.92. The Balaban J connectivity index is 2.37. The van der Waals surface area contributed by atoms with Gasteiger partial charge in [0, 0.05) is 5.69 Å². The van der Waals surface area contributed by atoms with Crippen molar-refractivity contribution in [2.75, 3.05) is 0 Å². The average molecular weight is 202 g/mol. The van der Waals surface area contributed by atoms with Crippen LogP contribution < -0.4 is 0 Å². The number of hydrogen-bond acceptors (Lipinski definition) is 2. The second-order valence-electron chi connectivity index (χ2n) is 3.43. The third-order valence-electron chi connectivity index (χ3n) is 2.50. The lowest BCUT2D eigenvalue weighted by molar-refractivity contribution is 0.274. The van der Waals surface area contributed by atoms with Crippen molar-refractivity contribution in [2.24, 2.45) is 0 Å². The lowest BCUT2D eigenvalue weighted by Crippen LogP contribution is -1.98. The van der Waals surface area contributed by atoms with E-state index in [1.807, 2.05) is 16.7 Å². The number of benzene rings is 1. The first-order valence-electron chi connectivity index (χ1n) is 5.06. The van der Waals surface area contributed by atoms with E-state index >= 15 is 0 Å². The second kappa shape index (κ2) is 4.28. The Morgan fingerprint density at radius 3 is 2.60 bits per heavy atom. The summed E-state index contributed by atoms with van der Waals surface area (Å²) in [5.41, 5.74) is 3.15. The van der Waals surface area contributed by atoms with Gasteiger partial charge in [-0.2, -0.15) is 0 Å². The number of aryl methyl sites for hydroxylation is 1. The van der Waals surface area contributed by atoms with Crippen molar-refractivity contribution in [3.8, 4) is 5.69 Å². The molecular weight excluding hydrogens is 188 g/mol. The molecule has 0 bridgehead atoms. The zero-order chi connectivity index (χ0) is 10.7. The molecule has 0 saturated carbocycles. The zero-order valence-electron chi connectivity index (χ0n) is 8.72. The van der Waals surface area contributed by atoms with E-state index in [1.165, 1.54) is 5.56 Å². The summed E-state index contributed by atoms with van der Waals surface area (Å²) in [6, 6.07) is 8.27. The fraction of sp³-hybridized carbons (Fsp3) is 0.250. The Labute approximate surface area is 89.0 Å². The summed E-state index contributed by atoms with van der Waals surface area (Å²) in [5.74, 6) is 0. The number of aliphatic hydroxyl groups is 1. The van der Waals surface area contributed by atoms with Crippen molar-refractivity contribution in [1.29, 1.82) is 0 Å². The lowest BCUT2D eigenvalue weighted by atomic mass is 10.1. The Bertz CT molecular complexity index is 431. The molecular formula is C12H14N2O. The van der Waals surface area contributed by atoms with Crippen LogP contribution in [0.5, 0.6) is 0 Å². The maximum Gasteiger partial charge on any atom is 0.0995 e. The molecule has 0 aliphatic rings. The SMILES string of the molecule is CCc1ccc(-n2cncc2CO)cc1. The summed E-state index contributed by atoms with van der Waals surface area (Å²) < 4.78 is 1.89. The number of aliphatic hydroxyl groups excluding tert-OH is 1. The van der Waals surface area contributed by atoms with Gasteiger partial charge in [0.25, 0.3) is 0 Å². The van der Waals surface area contributed by atoms with E-state index in [0.717, 1.165) is 17.8 Å². The molecule has 0 aliphatic heterocycles. The number of aromatic nitrogens is 2. The van der Waals surface area contributed by atoms with Gasteiger partial charge in [0.15, 0.2) is 0 Å². The summed E-state index contributed by atoms with van der Waals surface area (Å²) in [6.45, 7) is 2.14. The molecule has 0 radical (unpaired) electrons. The van der Waals surface area contributed by atoms with Gasteiger partial charge in [-0.15, -0.1) is 0 Å². The minimum absolute atomic E-state index is 0.00945. The van der Waals surface area contributed by atoms with E-state index < -0.39 is 0 Å². The summed E-state index contributed by atoms with van der Waals surface area (Å²) >= 11 is 0. The van der Waals surface area contributed by atoms with Crippen LogP contribution in [0.1, 0.15) is 18.2 Å². The van der Waals surface area contributed by atoms with E-state index in [4.69, 9.17) is 5.11 Å². The van der Waals surface area contributed by atoms with Crippen molar-refractivity contribution in [3.05, 3.63) is 48.0 Å². The van der Waals surface area contributed by atoms with E-state index in [2.05, 4.69) is 24.0 Å². The van der Waals surface area contributed by atoms with Crippen LogP contribution in [0.15, 0.2) is 36.8 Å². The molecule has 1 aromatic carbocycles. The first-order valence-corrected chi connectivity index (χ1v) is 5.06. The largest absolute Gasteiger partial charge is 0.390 e. The highest BCUT2D eigenvalue weighted by molar-refractivity contribution is 5.36. The summed E-state index contributed by atoms with van der Waals surface area (Å²) in [6.07, 6.45) is 4.43. The highest BCUT2D eigenvalue weighted by Gasteiger charge is 2.02.